The zero-order chi connectivity index (χ0) is 9.54. The van der Waals surface area contributed by atoms with Gasteiger partial charge in [-0.05, 0) is 24.4 Å². The van der Waals surface area contributed by atoms with Crippen molar-refractivity contribution in [1.82, 2.24) is 19.7 Å². The third-order valence-corrected chi connectivity index (χ3v) is 2.39. The molecule has 1 aliphatic rings. The second-order valence-corrected chi connectivity index (χ2v) is 3.61. The maximum atomic E-state index is 5.55. The van der Waals surface area contributed by atoms with Crippen LogP contribution in [0.1, 0.15) is 18.9 Å². The average Bonchev–Trinajstić information content (AvgIpc) is 2.75. The molecule has 0 saturated heterocycles. The summed E-state index contributed by atoms with van der Waals surface area (Å²) in [4.78, 5) is 8.02. The lowest BCUT2D eigenvalue weighted by atomic mass is 10.4. The molecule has 5 nitrogen and oxygen atoms in total. The number of aromatic nitrogens is 4. The van der Waals surface area contributed by atoms with Crippen molar-refractivity contribution in [3.8, 4) is 11.5 Å². The van der Waals surface area contributed by atoms with Gasteiger partial charge in [0.25, 0.3) is 0 Å². The number of hydrogen-bond acceptors (Lipinski definition) is 4. The largest absolute Gasteiger partial charge is 0.325 e. The molecule has 6 heteroatoms. The van der Waals surface area contributed by atoms with Crippen molar-refractivity contribution in [2.75, 3.05) is 0 Å². The first-order valence-electron chi connectivity index (χ1n) is 4.36. The summed E-state index contributed by atoms with van der Waals surface area (Å²) >= 11 is 5.55. The molecule has 1 saturated carbocycles. The van der Waals surface area contributed by atoms with Crippen LogP contribution < -0.4 is 0 Å². The maximum Gasteiger partial charge on any atom is 0.320 e. The number of rotatable bonds is 2. The third-order valence-electron chi connectivity index (χ3n) is 2.24. The van der Waals surface area contributed by atoms with Gasteiger partial charge in [-0.3, -0.25) is 0 Å². The number of halogens is 1. The summed E-state index contributed by atoms with van der Waals surface area (Å²) in [7, 11) is 0. The van der Waals surface area contributed by atoms with Crippen molar-refractivity contribution in [1.29, 1.82) is 0 Å². The maximum absolute atomic E-state index is 5.55. The first-order valence-corrected chi connectivity index (χ1v) is 4.74. The molecular weight excluding hydrogens is 204 g/mol. The van der Waals surface area contributed by atoms with Crippen molar-refractivity contribution in [3.05, 3.63) is 17.9 Å². The van der Waals surface area contributed by atoms with Gasteiger partial charge in [0.15, 0.2) is 0 Å². The summed E-state index contributed by atoms with van der Waals surface area (Å²) in [5.74, 6) is 0.499. The van der Waals surface area contributed by atoms with E-state index in [1.807, 2.05) is 0 Å². The molecule has 14 heavy (non-hydrogen) atoms. The van der Waals surface area contributed by atoms with Crippen molar-refractivity contribution in [3.63, 3.8) is 0 Å². The summed E-state index contributed by atoms with van der Waals surface area (Å²) in [5.41, 5.74) is 0.864. The third kappa shape index (κ3) is 1.21. The van der Waals surface area contributed by atoms with Gasteiger partial charge in [0, 0.05) is 6.04 Å². The van der Waals surface area contributed by atoms with E-state index in [-0.39, 0.29) is 5.35 Å². The van der Waals surface area contributed by atoms with Crippen LogP contribution in [0.15, 0.2) is 17.0 Å². The molecule has 1 fully saturated rings. The molecule has 0 spiro atoms. The minimum Gasteiger partial charge on any atom is -0.325 e. The van der Waals surface area contributed by atoms with Crippen molar-refractivity contribution in [2.24, 2.45) is 0 Å². The van der Waals surface area contributed by atoms with E-state index in [9.17, 15) is 0 Å². The number of nitrogens with zero attached hydrogens (tertiary/aromatic N) is 4. The van der Waals surface area contributed by atoms with E-state index < -0.39 is 0 Å². The van der Waals surface area contributed by atoms with E-state index in [0.29, 0.717) is 11.9 Å². The Bertz CT molecular complexity index is 459. The predicted molar refractivity (Wildman–Crippen MR) is 48.8 cm³/mol. The van der Waals surface area contributed by atoms with Gasteiger partial charge >= 0.3 is 5.35 Å². The van der Waals surface area contributed by atoms with Gasteiger partial charge in [-0.25, -0.2) is 4.98 Å². The van der Waals surface area contributed by atoms with Gasteiger partial charge in [0.05, 0.1) is 12.5 Å². The van der Waals surface area contributed by atoms with E-state index in [4.69, 9.17) is 16.1 Å². The van der Waals surface area contributed by atoms with Crippen LogP contribution in [0.25, 0.3) is 11.5 Å². The molecule has 2 aromatic heterocycles. The zero-order valence-electron chi connectivity index (χ0n) is 7.22. The topological polar surface area (TPSA) is 56.7 Å². The molecule has 0 radical (unpaired) electrons. The van der Waals surface area contributed by atoms with Crippen LogP contribution in [0, 0.1) is 0 Å². The minimum absolute atomic E-state index is 0.0588. The van der Waals surface area contributed by atoms with Crippen LogP contribution in [0.3, 0.4) is 0 Å². The van der Waals surface area contributed by atoms with Crippen molar-refractivity contribution >= 4 is 11.6 Å². The summed E-state index contributed by atoms with van der Waals surface area (Å²) in [6.07, 6.45) is 5.89. The highest BCUT2D eigenvalue weighted by molar-refractivity contribution is 6.27. The van der Waals surface area contributed by atoms with E-state index in [0.717, 1.165) is 5.69 Å². The summed E-state index contributed by atoms with van der Waals surface area (Å²) in [5, 5.41) is 3.81. The first-order chi connectivity index (χ1) is 6.84. The molecule has 0 amide bonds. The molecule has 0 aromatic carbocycles. The molecule has 0 unspecified atom stereocenters. The Morgan fingerprint density at radius 1 is 1.50 bits per heavy atom. The van der Waals surface area contributed by atoms with E-state index in [1.165, 1.54) is 12.8 Å². The fourth-order valence-electron chi connectivity index (χ4n) is 1.43. The highest BCUT2D eigenvalue weighted by Crippen LogP contribution is 2.37. The highest BCUT2D eigenvalue weighted by atomic mass is 35.5. The predicted octanol–water partition coefficient (Wildman–Crippen LogP) is 1.92. The summed E-state index contributed by atoms with van der Waals surface area (Å²) in [6, 6.07) is 0.546. The molecule has 0 aliphatic heterocycles. The van der Waals surface area contributed by atoms with Gasteiger partial charge in [-0.2, -0.15) is 4.98 Å². The molecular formula is C8H7ClN4O. The van der Waals surface area contributed by atoms with Gasteiger partial charge in [0.1, 0.15) is 5.69 Å². The van der Waals surface area contributed by atoms with Crippen molar-refractivity contribution in [2.45, 2.75) is 18.9 Å². The highest BCUT2D eigenvalue weighted by Gasteiger charge is 2.26. The van der Waals surface area contributed by atoms with E-state index in [1.54, 1.807) is 12.5 Å². The Hall–Kier alpha value is -1.36. The fourth-order valence-corrected chi connectivity index (χ4v) is 1.55. The lowest BCUT2D eigenvalue weighted by Gasteiger charge is -2.00. The molecule has 1 aliphatic carbocycles. The second-order valence-electron chi connectivity index (χ2n) is 3.29. The monoisotopic (exact) mass is 210 g/mol. The number of imidazole rings is 1. The first kappa shape index (κ1) is 7.99. The van der Waals surface area contributed by atoms with Gasteiger partial charge in [-0.15, -0.1) is 0 Å². The SMILES string of the molecule is Clc1nc(-c2cncn2C2CC2)no1. The van der Waals surface area contributed by atoms with Crippen LogP contribution in [0.2, 0.25) is 5.35 Å². The van der Waals surface area contributed by atoms with Crippen LogP contribution in [0.4, 0.5) is 0 Å². The Morgan fingerprint density at radius 2 is 2.36 bits per heavy atom. The van der Waals surface area contributed by atoms with Crippen LogP contribution in [-0.2, 0) is 0 Å². The van der Waals surface area contributed by atoms with Gasteiger partial charge in [0.2, 0.25) is 5.82 Å². The molecule has 0 atom stereocenters. The van der Waals surface area contributed by atoms with Gasteiger partial charge in [-0.1, -0.05) is 5.16 Å². The normalized spacial score (nSPS) is 16.1. The lowest BCUT2D eigenvalue weighted by Crippen LogP contribution is -1.95. The molecule has 2 aromatic rings. The molecule has 3 rings (SSSR count). The molecule has 72 valence electrons. The summed E-state index contributed by atoms with van der Waals surface area (Å²) in [6.45, 7) is 0. The van der Waals surface area contributed by atoms with Gasteiger partial charge < -0.3 is 9.09 Å². The molecule has 0 N–H and O–H groups in total. The quantitative estimate of drug-likeness (QED) is 0.760. The van der Waals surface area contributed by atoms with Crippen LogP contribution >= 0.6 is 11.6 Å². The summed E-state index contributed by atoms with van der Waals surface area (Å²) < 4.78 is 6.76. The Kier molecular flexibility index (Phi) is 1.61. The molecule has 2 heterocycles. The van der Waals surface area contributed by atoms with Crippen LogP contribution in [0.5, 0.6) is 0 Å². The minimum atomic E-state index is 0.0588. The van der Waals surface area contributed by atoms with E-state index in [2.05, 4.69) is 19.7 Å². The van der Waals surface area contributed by atoms with Crippen molar-refractivity contribution < 1.29 is 4.52 Å². The smallest absolute Gasteiger partial charge is 0.320 e. The fraction of sp³-hybridized carbons (Fsp3) is 0.375. The van der Waals surface area contributed by atoms with E-state index >= 15 is 0 Å². The second kappa shape index (κ2) is 2.81. The standard InChI is InChI=1S/C8H7ClN4O/c9-8-11-7(12-14-8)6-3-10-4-13(6)5-1-2-5/h3-5H,1-2H2. The lowest BCUT2D eigenvalue weighted by molar-refractivity contribution is 0.420. The Balaban J connectivity index is 2.06. The Labute approximate surface area is 84.7 Å². The average molecular weight is 211 g/mol. The Morgan fingerprint density at radius 3 is 3.00 bits per heavy atom. The zero-order valence-corrected chi connectivity index (χ0v) is 7.98. The van der Waals surface area contributed by atoms with Crippen LogP contribution in [-0.4, -0.2) is 19.7 Å². The molecule has 0 bridgehead atoms. The number of hydrogen-bond donors (Lipinski definition) is 0.